The van der Waals surface area contributed by atoms with Crippen LogP contribution in [0.4, 0.5) is 13.2 Å². The Kier molecular flexibility index (Phi) is 3.59. The quantitative estimate of drug-likeness (QED) is 0.745. The van der Waals surface area contributed by atoms with Crippen molar-refractivity contribution < 1.29 is 17.9 Å². The van der Waals surface area contributed by atoms with E-state index in [1.807, 2.05) is 0 Å². The molecule has 1 unspecified atom stereocenters. The van der Waals surface area contributed by atoms with Crippen LogP contribution in [0.15, 0.2) is 12.1 Å². The summed E-state index contributed by atoms with van der Waals surface area (Å²) in [5.41, 5.74) is -1.23. The molecule has 3 nitrogen and oxygen atoms in total. The molecule has 0 aliphatic carbocycles. The first-order valence-corrected chi connectivity index (χ1v) is 4.49. The van der Waals surface area contributed by atoms with Crippen molar-refractivity contribution in [2.24, 2.45) is 0 Å². The summed E-state index contributed by atoms with van der Waals surface area (Å²) in [6.07, 6.45) is -0.330. The van der Waals surface area contributed by atoms with Crippen molar-refractivity contribution in [2.45, 2.75) is 19.2 Å². The van der Waals surface area contributed by atoms with Gasteiger partial charge in [0.05, 0.1) is 0 Å². The average molecular weight is 240 g/mol. The van der Waals surface area contributed by atoms with Crippen molar-refractivity contribution >= 4 is 0 Å². The van der Waals surface area contributed by atoms with E-state index in [1.165, 1.54) is 6.92 Å². The molecule has 0 fully saturated rings. The van der Waals surface area contributed by atoms with Gasteiger partial charge in [0, 0.05) is 0 Å². The summed E-state index contributed by atoms with van der Waals surface area (Å²) in [6.45, 7) is 1.46. The molecule has 0 saturated heterocycles. The molecule has 0 aromatic carbocycles. The molecular formula is C11H7F3N2O. The van der Waals surface area contributed by atoms with Crippen molar-refractivity contribution in [2.75, 3.05) is 0 Å². The monoisotopic (exact) mass is 240 g/mol. The van der Waals surface area contributed by atoms with Gasteiger partial charge in [0.15, 0.2) is 6.10 Å². The van der Waals surface area contributed by atoms with E-state index in [0.29, 0.717) is 6.07 Å². The second-order valence-corrected chi connectivity index (χ2v) is 3.09. The third-order valence-corrected chi connectivity index (χ3v) is 1.79. The number of aromatic nitrogens is 1. The van der Waals surface area contributed by atoms with E-state index in [2.05, 4.69) is 10.9 Å². The van der Waals surface area contributed by atoms with Crippen LogP contribution >= 0.6 is 0 Å². The van der Waals surface area contributed by atoms with E-state index in [1.54, 1.807) is 6.07 Å². The first-order valence-electron chi connectivity index (χ1n) is 4.49. The zero-order valence-corrected chi connectivity index (χ0v) is 8.75. The predicted molar refractivity (Wildman–Crippen MR) is 52.9 cm³/mol. The summed E-state index contributed by atoms with van der Waals surface area (Å²) in [7, 11) is 0. The van der Waals surface area contributed by atoms with E-state index in [9.17, 15) is 13.2 Å². The molecule has 0 N–H and O–H groups in total. The van der Waals surface area contributed by atoms with Gasteiger partial charge >= 0.3 is 6.18 Å². The van der Waals surface area contributed by atoms with Gasteiger partial charge < -0.3 is 4.74 Å². The van der Waals surface area contributed by atoms with Crippen LogP contribution in [0.1, 0.15) is 18.2 Å². The van der Waals surface area contributed by atoms with Crippen molar-refractivity contribution in [1.29, 1.82) is 5.26 Å². The number of ether oxygens (including phenoxy) is 1. The lowest BCUT2D eigenvalue weighted by Crippen LogP contribution is -2.14. The van der Waals surface area contributed by atoms with Crippen molar-refractivity contribution in [3.8, 4) is 24.3 Å². The number of rotatable bonds is 2. The van der Waals surface area contributed by atoms with Crippen molar-refractivity contribution in [3.63, 3.8) is 0 Å². The van der Waals surface area contributed by atoms with Gasteiger partial charge in [0.1, 0.15) is 17.3 Å². The van der Waals surface area contributed by atoms with E-state index in [-0.39, 0.29) is 5.56 Å². The lowest BCUT2D eigenvalue weighted by Gasteiger charge is -2.12. The number of terminal acetylenes is 1. The summed E-state index contributed by atoms with van der Waals surface area (Å²) < 4.78 is 42.1. The first kappa shape index (κ1) is 12.9. The summed E-state index contributed by atoms with van der Waals surface area (Å²) >= 11 is 0. The standard InChI is InChI=1S/C11H7F3N2O/c1-3-7(2)17-10-8(6-15)4-5-9(16-10)11(12,13)14/h1,4-5,7H,2H3. The molecule has 1 aromatic rings. The summed E-state index contributed by atoms with van der Waals surface area (Å²) in [5.74, 6) is 1.76. The van der Waals surface area contributed by atoms with Crippen LogP contribution in [0, 0.1) is 23.7 Å². The molecule has 0 radical (unpaired) electrons. The smallest absolute Gasteiger partial charge is 0.433 e. The van der Waals surface area contributed by atoms with Crippen molar-refractivity contribution in [1.82, 2.24) is 4.98 Å². The summed E-state index contributed by atoms with van der Waals surface area (Å²) in [6, 6.07) is 3.39. The number of halogens is 3. The van der Waals surface area contributed by atoms with Crippen molar-refractivity contribution in [3.05, 3.63) is 23.4 Å². The van der Waals surface area contributed by atoms with Gasteiger partial charge in [-0.2, -0.15) is 18.4 Å². The Hall–Kier alpha value is -2.21. The molecule has 0 spiro atoms. The number of pyridine rings is 1. The SMILES string of the molecule is C#CC(C)Oc1nc(C(F)(F)F)ccc1C#N. The molecule has 0 saturated carbocycles. The third kappa shape index (κ3) is 3.12. The highest BCUT2D eigenvalue weighted by atomic mass is 19.4. The molecule has 88 valence electrons. The molecule has 0 amide bonds. The van der Waals surface area contributed by atoms with Gasteiger partial charge in [0.25, 0.3) is 0 Å². The number of nitriles is 1. The Bertz CT molecular complexity index is 497. The maximum atomic E-state index is 12.4. The molecule has 0 bridgehead atoms. The zero-order chi connectivity index (χ0) is 13.1. The minimum absolute atomic E-state index is 0.0971. The van der Waals surface area contributed by atoms with E-state index < -0.39 is 23.9 Å². The lowest BCUT2D eigenvalue weighted by molar-refractivity contribution is -0.141. The van der Waals surface area contributed by atoms with Crippen LogP contribution in [0.5, 0.6) is 5.88 Å². The Balaban J connectivity index is 3.18. The zero-order valence-electron chi connectivity index (χ0n) is 8.75. The number of alkyl halides is 3. The average Bonchev–Trinajstić information content (AvgIpc) is 2.27. The molecule has 1 heterocycles. The van der Waals surface area contributed by atoms with Crippen LogP contribution in [-0.2, 0) is 6.18 Å². The van der Waals surface area contributed by atoms with Crippen LogP contribution in [0.3, 0.4) is 0 Å². The maximum absolute atomic E-state index is 12.4. The van der Waals surface area contributed by atoms with Gasteiger partial charge in [-0.1, -0.05) is 5.92 Å². The molecule has 1 aromatic heterocycles. The second kappa shape index (κ2) is 4.75. The predicted octanol–water partition coefficient (Wildman–Crippen LogP) is 2.37. The van der Waals surface area contributed by atoms with Crippen LogP contribution < -0.4 is 4.74 Å². The molecule has 0 aliphatic heterocycles. The van der Waals surface area contributed by atoms with Gasteiger partial charge in [-0.25, -0.2) is 4.98 Å². The normalized spacial score (nSPS) is 12.4. The van der Waals surface area contributed by atoms with Crippen LogP contribution in [0.25, 0.3) is 0 Å². The molecule has 6 heteroatoms. The Morgan fingerprint density at radius 2 is 2.12 bits per heavy atom. The van der Waals surface area contributed by atoms with E-state index in [4.69, 9.17) is 16.4 Å². The fourth-order valence-electron chi connectivity index (χ4n) is 0.975. The summed E-state index contributed by atoms with van der Waals surface area (Å²) in [4.78, 5) is 3.24. The van der Waals surface area contributed by atoms with Gasteiger partial charge in [-0.15, -0.1) is 6.42 Å². The largest absolute Gasteiger partial charge is 0.461 e. The first-order chi connectivity index (χ1) is 7.88. The Morgan fingerprint density at radius 3 is 2.59 bits per heavy atom. The van der Waals surface area contributed by atoms with Gasteiger partial charge in [0.2, 0.25) is 5.88 Å². The lowest BCUT2D eigenvalue weighted by atomic mass is 10.2. The molecule has 0 aliphatic rings. The Morgan fingerprint density at radius 1 is 1.47 bits per heavy atom. The second-order valence-electron chi connectivity index (χ2n) is 3.09. The fraction of sp³-hybridized carbons (Fsp3) is 0.273. The van der Waals surface area contributed by atoms with E-state index in [0.717, 1.165) is 6.07 Å². The van der Waals surface area contributed by atoms with Gasteiger partial charge in [-0.3, -0.25) is 0 Å². The molecular weight excluding hydrogens is 233 g/mol. The fourth-order valence-corrected chi connectivity index (χ4v) is 0.975. The number of hydrogen-bond acceptors (Lipinski definition) is 3. The topological polar surface area (TPSA) is 45.9 Å². The van der Waals surface area contributed by atoms with Gasteiger partial charge in [-0.05, 0) is 19.1 Å². The van der Waals surface area contributed by atoms with E-state index >= 15 is 0 Å². The third-order valence-electron chi connectivity index (χ3n) is 1.79. The summed E-state index contributed by atoms with van der Waals surface area (Å²) in [5, 5.41) is 8.69. The van der Waals surface area contributed by atoms with Crippen LogP contribution in [-0.4, -0.2) is 11.1 Å². The highest BCUT2D eigenvalue weighted by Crippen LogP contribution is 2.30. The highest BCUT2D eigenvalue weighted by molar-refractivity contribution is 5.39. The Labute approximate surface area is 95.8 Å². The number of hydrogen-bond donors (Lipinski definition) is 0. The highest BCUT2D eigenvalue weighted by Gasteiger charge is 2.33. The minimum atomic E-state index is -4.59. The molecule has 17 heavy (non-hydrogen) atoms. The van der Waals surface area contributed by atoms with Crippen LogP contribution in [0.2, 0.25) is 0 Å². The maximum Gasteiger partial charge on any atom is 0.433 e. The minimum Gasteiger partial charge on any atom is -0.461 e. The number of nitrogens with zero attached hydrogens (tertiary/aromatic N) is 2. The molecule has 1 atom stereocenters. The molecule has 1 rings (SSSR count).